The second kappa shape index (κ2) is 4.39. The van der Waals surface area contributed by atoms with Crippen LogP contribution in [0, 0.1) is 11.8 Å². The van der Waals surface area contributed by atoms with E-state index in [2.05, 4.69) is 17.0 Å². The van der Waals surface area contributed by atoms with E-state index in [0.29, 0.717) is 17.6 Å². The van der Waals surface area contributed by atoms with Crippen molar-refractivity contribution >= 4 is 10.0 Å². The summed E-state index contributed by atoms with van der Waals surface area (Å²) < 4.78 is 26.4. The van der Waals surface area contributed by atoms with Crippen LogP contribution in [0.1, 0.15) is 26.2 Å². The van der Waals surface area contributed by atoms with Gasteiger partial charge in [-0.25, -0.2) is 13.1 Å². The van der Waals surface area contributed by atoms with Crippen molar-refractivity contribution in [2.24, 2.45) is 11.8 Å². The van der Waals surface area contributed by atoms with Crippen molar-refractivity contribution in [2.75, 3.05) is 18.8 Å². The Labute approximate surface area is 91.9 Å². The Bertz CT molecular complexity index is 311. The largest absolute Gasteiger partial charge is 0.316 e. The van der Waals surface area contributed by atoms with Crippen LogP contribution in [-0.2, 0) is 10.0 Å². The van der Waals surface area contributed by atoms with Gasteiger partial charge in [-0.15, -0.1) is 0 Å². The molecule has 88 valence electrons. The predicted molar refractivity (Wildman–Crippen MR) is 60.1 cm³/mol. The molecule has 2 fully saturated rings. The number of nitrogens with one attached hydrogen (secondary N) is 2. The fraction of sp³-hybridized carbons (Fsp3) is 1.00. The second-order valence-electron chi connectivity index (χ2n) is 4.92. The SMILES string of the molecule is CC1CNCCC1NS(=O)(=O)CC1CC1. The summed E-state index contributed by atoms with van der Waals surface area (Å²) in [6.45, 7) is 3.92. The van der Waals surface area contributed by atoms with Gasteiger partial charge in [-0.3, -0.25) is 0 Å². The number of piperidine rings is 1. The first-order valence-corrected chi connectivity index (χ1v) is 7.43. The van der Waals surface area contributed by atoms with Crippen molar-refractivity contribution < 1.29 is 8.42 Å². The van der Waals surface area contributed by atoms with Gasteiger partial charge in [0, 0.05) is 6.04 Å². The van der Waals surface area contributed by atoms with Crippen molar-refractivity contribution in [1.29, 1.82) is 0 Å². The third kappa shape index (κ3) is 3.43. The molecule has 0 aromatic heterocycles. The topological polar surface area (TPSA) is 58.2 Å². The molecule has 0 amide bonds. The van der Waals surface area contributed by atoms with E-state index in [1.54, 1.807) is 0 Å². The van der Waals surface area contributed by atoms with Gasteiger partial charge in [0.15, 0.2) is 0 Å². The van der Waals surface area contributed by atoms with E-state index in [1.165, 1.54) is 0 Å². The summed E-state index contributed by atoms with van der Waals surface area (Å²) in [6.07, 6.45) is 3.08. The van der Waals surface area contributed by atoms with E-state index >= 15 is 0 Å². The van der Waals surface area contributed by atoms with E-state index in [-0.39, 0.29) is 6.04 Å². The summed E-state index contributed by atoms with van der Waals surface area (Å²) in [4.78, 5) is 0. The molecule has 0 aromatic rings. The standard InChI is InChI=1S/C10H20N2O2S/c1-8-6-11-5-4-10(8)12-15(13,14)7-9-2-3-9/h8-12H,2-7H2,1H3. The van der Waals surface area contributed by atoms with Crippen LogP contribution in [0.4, 0.5) is 0 Å². The minimum Gasteiger partial charge on any atom is -0.316 e. The molecule has 2 rings (SSSR count). The smallest absolute Gasteiger partial charge is 0.212 e. The Kier molecular flexibility index (Phi) is 3.33. The molecule has 1 aliphatic carbocycles. The van der Waals surface area contributed by atoms with Gasteiger partial charge in [-0.1, -0.05) is 6.92 Å². The molecular formula is C10H20N2O2S. The van der Waals surface area contributed by atoms with Crippen LogP contribution in [0.15, 0.2) is 0 Å². The molecule has 2 N–H and O–H groups in total. The number of hydrogen-bond donors (Lipinski definition) is 2. The van der Waals surface area contributed by atoms with E-state index in [9.17, 15) is 8.42 Å². The number of rotatable bonds is 4. The number of hydrogen-bond acceptors (Lipinski definition) is 3. The van der Waals surface area contributed by atoms with E-state index in [0.717, 1.165) is 32.4 Å². The normalized spacial score (nSPS) is 32.9. The van der Waals surface area contributed by atoms with E-state index < -0.39 is 10.0 Å². The lowest BCUT2D eigenvalue weighted by molar-refractivity contribution is 0.328. The van der Waals surface area contributed by atoms with Gasteiger partial charge in [0.05, 0.1) is 5.75 Å². The van der Waals surface area contributed by atoms with Gasteiger partial charge in [-0.05, 0) is 44.2 Å². The van der Waals surface area contributed by atoms with Gasteiger partial charge >= 0.3 is 0 Å². The quantitative estimate of drug-likeness (QED) is 0.733. The molecule has 0 bridgehead atoms. The van der Waals surface area contributed by atoms with Crippen LogP contribution in [0.5, 0.6) is 0 Å². The van der Waals surface area contributed by atoms with Crippen molar-refractivity contribution in [3.05, 3.63) is 0 Å². The second-order valence-corrected chi connectivity index (χ2v) is 6.72. The fourth-order valence-corrected chi connectivity index (χ4v) is 3.92. The Morgan fingerprint density at radius 3 is 2.67 bits per heavy atom. The lowest BCUT2D eigenvalue weighted by atomic mass is 9.97. The highest BCUT2D eigenvalue weighted by Crippen LogP contribution is 2.30. The third-order valence-electron chi connectivity index (χ3n) is 3.27. The van der Waals surface area contributed by atoms with Crippen molar-refractivity contribution in [3.63, 3.8) is 0 Å². The Morgan fingerprint density at radius 1 is 1.33 bits per heavy atom. The van der Waals surface area contributed by atoms with Crippen LogP contribution in [0.3, 0.4) is 0 Å². The lowest BCUT2D eigenvalue weighted by Gasteiger charge is -2.29. The zero-order chi connectivity index (χ0) is 10.9. The molecule has 1 heterocycles. The molecule has 0 spiro atoms. The molecule has 2 aliphatic rings. The van der Waals surface area contributed by atoms with E-state index in [4.69, 9.17) is 0 Å². The molecule has 2 unspecified atom stereocenters. The zero-order valence-electron chi connectivity index (χ0n) is 9.20. The summed E-state index contributed by atoms with van der Waals surface area (Å²) in [5.74, 6) is 1.16. The van der Waals surface area contributed by atoms with Crippen molar-refractivity contribution in [3.8, 4) is 0 Å². The molecule has 1 saturated heterocycles. The number of sulfonamides is 1. The molecule has 2 atom stereocenters. The van der Waals surface area contributed by atoms with E-state index in [1.807, 2.05) is 0 Å². The van der Waals surface area contributed by atoms with Crippen LogP contribution in [0.25, 0.3) is 0 Å². The maximum atomic E-state index is 11.8. The van der Waals surface area contributed by atoms with Gasteiger partial charge in [0.25, 0.3) is 0 Å². The predicted octanol–water partition coefficient (Wildman–Crippen LogP) is 0.314. The molecule has 4 nitrogen and oxygen atoms in total. The summed E-state index contributed by atoms with van der Waals surface area (Å²) in [5, 5.41) is 3.27. The average Bonchev–Trinajstić information content (AvgIpc) is 2.91. The minimum atomic E-state index is -3.03. The van der Waals surface area contributed by atoms with Crippen LogP contribution in [-0.4, -0.2) is 33.3 Å². The molecule has 0 radical (unpaired) electrons. The highest BCUT2D eigenvalue weighted by atomic mass is 32.2. The first-order valence-electron chi connectivity index (χ1n) is 5.77. The summed E-state index contributed by atoms with van der Waals surface area (Å²) in [7, 11) is -3.03. The Hall–Kier alpha value is -0.130. The first kappa shape index (κ1) is 11.4. The molecular weight excluding hydrogens is 212 g/mol. The molecule has 5 heteroatoms. The summed E-state index contributed by atoms with van der Waals surface area (Å²) in [5.41, 5.74) is 0. The first-order chi connectivity index (χ1) is 7.07. The summed E-state index contributed by atoms with van der Waals surface area (Å²) >= 11 is 0. The van der Waals surface area contributed by atoms with Crippen molar-refractivity contribution in [2.45, 2.75) is 32.2 Å². The van der Waals surface area contributed by atoms with Gasteiger partial charge in [0.1, 0.15) is 0 Å². The fourth-order valence-electron chi connectivity index (χ4n) is 2.06. The van der Waals surface area contributed by atoms with Gasteiger partial charge in [-0.2, -0.15) is 0 Å². The minimum absolute atomic E-state index is 0.134. The highest BCUT2D eigenvalue weighted by Gasteiger charge is 2.31. The Morgan fingerprint density at radius 2 is 2.07 bits per heavy atom. The molecule has 1 aliphatic heterocycles. The maximum absolute atomic E-state index is 11.8. The van der Waals surface area contributed by atoms with Gasteiger partial charge in [0.2, 0.25) is 10.0 Å². The average molecular weight is 232 g/mol. The van der Waals surface area contributed by atoms with Crippen molar-refractivity contribution in [1.82, 2.24) is 10.0 Å². The maximum Gasteiger partial charge on any atom is 0.212 e. The lowest BCUT2D eigenvalue weighted by Crippen LogP contribution is -2.48. The molecule has 0 aromatic carbocycles. The Balaban J connectivity index is 1.88. The van der Waals surface area contributed by atoms with Crippen LogP contribution >= 0.6 is 0 Å². The zero-order valence-corrected chi connectivity index (χ0v) is 10.0. The third-order valence-corrected chi connectivity index (χ3v) is 4.84. The highest BCUT2D eigenvalue weighted by molar-refractivity contribution is 7.89. The summed E-state index contributed by atoms with van der Waals surface area (Å²) in [6, 6.07) is 0.134. The van der Waals surface area contributed by atoms with Gasteiger partial charge < -0.3 is 5.32 Å². The van der Waals surface area contributed by atoms with Crippen LogP contribution < -0.4 is 10.0 Å². The molecule has 15 heavy (non-hydrogen) atoms. The monoisotopic (exact) mass is 232 g/mol. The molecule has 1 saturated carbocycles. The van der Waals surface area contributed by atoms with Crippen LogP contribution in [0.2, 0.25) is 0 Å².